The minimum atomic E-state index is -0.166. The molecule has 0 aromatic heterocycles. The smallest absolute Gasteiger partial charge is 0.308 e. The van der Waals surface area contributed by atoms with Gasteiger partial charge >= 0.3 is 5.97 Å². The summed E-state index contributed by atoms with van der Waals surface area (Å²) in [6, 6.07) is 31.4. The number of carbonyl (C=O) groups excluding carboxylic acids is 3. The Labute approximate surface area is 240 Å². The molecule has 2 aliphatic rings. The third-order valence-corrected chi connectivity index (χ3v) is 8.35. The first-order chi connectivity index (χ1) is 20.0. The molecule has 0 atom stereocenters. The van der Waals surface area contributed by atoms with E-state index in [2.05, 4.69) is 5.32 Å². The van der Waals surface area contributed by atoms with Crippen molar-refractivity contribution >= 4 is 23.5 Å². The largest absolute Gasteiger partial charge is 0.469 e. The van der Waals surface area contributed by atoms with Crippen molar-refractivity contribution in [2.45, 2.75) is 38.3 Å². The number of nitrogens with zero attached hydrogens (tertiary/aromatic N) is 1. The van der Waals surface area contributed by atoms with Crippen molar-refractivity contribution in [2.75, 3.05) is 12.4 Å². The molecule has 1 N–H and O–H groups in total. The number of fused-ring (bicyclic) bond motifs is 1. The fourth-order valence-electron chi connectivity index (χ4n) is 6.08. The predicted octanol–water partition coefficient (Wildman–Crippen LogP) is 6.96. The summed E-state index contributed by atoms with van der Waals surface area (Å²) in [6.45, 7) is 0.609. The molecule has 2 amide bonds. The molecule has 6 heteroatoms. The highest BCUT2D eigenvalue weighted by Gasteiger charge is 2.36. The highest BCUT2D eigenvalue weighted by Crippen LogP contribution is 2.35. The molecule has 1 aliphatic heterocycles. The maximum atomic E-state index is 13.4. The summed E-state index contributed by atoms with van der Waals surface area (Å²) in [4.78, 5) is 40.4. The van der Waals surface area contributed by atoms with Gasteiger partial charge in [-0.25, -0.2) is 0 Å². The van der Waals surface area contributed by atoms with E-state index in [9.17, 15) is 14.4 Å². The van der Waals surface area contributed by atoms with Crippen LogP contribution in [0.15, 0.2) is 97.1 Å². The summed E-state index contributed by atoms with van der Waals surface area (Å²) >= 11 is 0. The van der Waals surface area contributed by atoms with Gasteiger partial charge in [0, 0.05) is 29.4 Å². The molecule has 1 saturated carbocycles. The Hall–Kier alpha value is -4.71. The zero-order chi connectivity index (χ0) is 28.3. The lowest BCUT2D eigenvalue weighted by Crippen LogP contribution is -2.39. The van der Waals surface area contributed by atoms with Crippen molar-refractivity contribution in [1.82, 2.24) is 4.90 Å². The predicted molar refractivity (Wildman–Crippen MR) is 159 cm³/mol. The van der Waals surface area contributed by atoms with Gasteiger partial charge in [0.05, 0.1) is 13.0 Å². The number of esters is 1. The molecule has 1 fully saturated rings. The fraction of sp³-hybridized carbons (Fsp3) is 0.229. The van der Waals surface area contributed by atoms with Gasteiger partial charge in [-0.15, -0.1) is 0 Å². The van der Waals surface area contributed by atoms with Crippen molar-refractivity contribution < 1.29 is 19.1 Å². The summed E-state index contributed by atoms with van der Waals surface area (Å²) < 4.78 is 4.91. The van der Waals surface area contributed by atoms with E-state index in [-0.39, 0.29) is 29.7 Å². The molecule has 0 saturated heterocycles. The molecule has 1 heterocycles. The van der Waals surface area contributed by atoms with Crippen molar-refractivity contribution in [3.8, 4) is 22.3 Å². The molecule has 206 valence electrons. The van der Waals surface area contributed by atoms with E-state index in [1.54, 1.807) is 0 Å². The second-order valence-corrected chi connectivity index (χ2v) is 10.8. The van der Waals surface area contributed by atoms with Gasteiger partial charge in [-0.05, 0) is 77.8 Å². The van der Waals surface area contributed by atoms with Gasteiger partial charge in [-0.2, -0.15) is 0 Å². The van der Waals surface area contributed by atoms with Crippen LogP contribution in [0, 0.1) is 5.92 Å². The molecule has 0 unspecified atom stereocenters. The Kier molecular flexibility index (Phi) is 7.38. The highest BCUT2D eigenvalue weighted by molar-refractivity contribution is 6.08. The number of anilines is 1. The van der Waals surface area contributed by atoms with Crippen molar-refractivity contribution in [3.63, 3.8) is 0 Å². The molecule has 6 nitrogen and oxygen atoms in total. The molecular formula is C35H32N2O4. The first-order valence-corrected chi connectivity index (χ1v) is 14.1. The van der Waals surface area contributed by atoms with Crippen LogP contribution in [0.25, 0.3) is 22.3 Å². The van der Waals surface area contributed by atoms with Crippen molar-refractivity contribution in [2.24, 2.45) is 5.92 Å². The van der Waals surface area contributed by atoms with E-state index in [1.807, 2.05) is 102 Å². The molecule has 1 aliphatic carbocycles. The van der Waals surface area contributed by atoms with E-state index in [1.165, 1.54) is 7.11 Å². The van der Waals surface area contributed by atoms with Gasteiger partial charge in [0.25, 0.3) is 11.8 Å². The monoisotopic (exact) mass is 544 g/mol. The minimum Gasteiger partial charge on any atom is -0.469 e. The van der Waals surface area contributed by atoms with Crippen LogP contribution in [0.4, 0.5) is 5.69 Å². The van der Waals surface area contributed by atoms with E-state index in [4.69, 9.17) is 4.74 Å². The number of carbonyl (C=O) groups is 3. The molecule has 41 heavy (non-hydrogen) atoms. The SMILES string of the molecule is COC(=O)C1CCC(N2Cc3ccc(-c4ccc(NC(=O)c5ccccc5-c5ccccc5)cc4)cc3C2=O)CC1. The number of methoxy groups -OCH3 is 1. The highest BCUT2D eigenvalue weighted by atomic mass is 16.5. The summed E-state index contributed by atoms with van der Waals surface area (Å²) in [6.07, 6.45) is 3.14. The van der Waals surface area contributed by atoms with Gasteiger partial charge in [0.1, 0.15) is 0 Å². The van der Waals surface area contributed by atoms with Crippen molar-refractivity contribution in [3.05, 3.63) is 114 Å². The van der Waals surface area contributed by atoms with Crippen LogP contribution < -0.4 is 5.32 Å². The van der Waals surface area contributed by atoms with Crippen LogP contribution in [0.1, 0.15) is 52.0 Å². The topological polar surface area (TPSA) is 75.7 Å². The number of amides is 2. The Bertz CT molecular complexity index is 1590. The van der Waals surface area contributed by atoms with Crippen LogP contribution in [-0.4, -0.2) is 35.8 Å². The van der Waals surface area contributed by atoms with Gasteiger partial charge < -0.3 is 15.0 Å². The van der Waals surface area contributed by atoms with Crippen LogP contribution in [-0.2, 0) is 16.1 Å². The van der Waals surface area contributed by atoms with Gasteiger partial charge in [-0.3, -0.25) is 14.4 Å². The molecule has 4 aromatic rings. The summed E-state index contributed by atoms with van der Waals surface area (Å²) in [7, 11) is 1.43. The molecule has 0 spiro atoms. The van der Waals surface area contributed by atoms with E-state index in [0.717, 1.165) is 59.1 Å². The number of nitrogens with one attached hydrogen (secondary N) is 1. The van der Waals surface area contributed by atoms with Gasteiger partial charge in [0.2, 0.25) is 0 Å². The molecule has 6 rings (SSSR count). The number of hydrogen-bond donors (Lipinski definition) is 1. The first-order valence-electron chi connectivity index (χ1n) is 14.1. The molecular weight excluding hydrogens is 512 g/mol. The number of hydrogen-bond acceptors (Lipinski definition) is 4. The number of ether oxygens (including phenoxy) is 1. The van der Waals surface area contributed by atoms with Gasteiger partial charge in [-0.1, -0.05) is 72.8 Å². The first kappa shape index (κ1) is 26.5. The number of rotatable bonds is 6. The zero-order valence-corrected chi connectivity index (χ0v) is 23.0. The lowest BCUT2D eigenvalue weighted by molar-refractivity contribution is -0.146. The Balaban J connectivity index is 1.13. The minimum absolute atomic E-state index is 0.0596. The fourth-order valence-corrected chi connectivity index (χ4v) is 6.08. The average Bonchev–Trinajstić information content (AvgIpc) is 3.37. The second kappa shape index (κ2) is 11.4. The van der Waals surface area contributed by atoms with E-state index >= 15 is 0 Å². The van der Waals surface area contributed by atoms with E-state index < -0.39 is 0 Å². The summed E-state index contributed by atoms with van der Waals surface area (Å²) in [5.41, 5.74) is 6.90. The van der Waals surface area contributed by atoms with Gasteiger partial charge in [0.15, 0.2) is 0 Å². The van der Waals surface area contributed by atoms with Crippen LogP contribution in [0.5, 0.6) is 0 Å². The Morgan fingerprint density at radius 2 is 1.44 bits per heavy atom. The average molecular weight is 545 g/mol. The molecule has 0 radical (unpaired) electrons. The third kappa shape index (κ3) is 5.38. The third-order valence-electron chi connectivity index (χ3n) is 8.35. The molecule has 0 bridgehead atoms. The lowest BCUT2D eigenvalue weighted by Gasteiger charge is -2.33. The summed E-state index contributed by atoms with van der Waals surface area (Å²) in [5.74, 6) is -0.314. The normalized spacial score (nSPS) is 18.1. The zero-order valence-electron chi connectivity index (χ0n) is 23.0. The molecule has 4 aromatic carbocycles. The quantitative estimate of drug-likeness (QED) is 0.266. The maximum absolute atomic E-state index is 13.4. The Morgan fingerprint density at radius 3 is 2.17 bits per heavy atom. The van der Waals surface area contributed by atoms with Crippen LogP contribution in [0.3, 0.4) is 0 Å². The lowest BCUT2D eigenvalue weighted by atomic mass is 9.85. The second-order valence-electron chi connectivity index (χ2n) is 10.8. The summed E-state index contributed by atoms with van der Waals surface area (Å²) in [5, 5.41) is 3.02. The number of benzene rings is 4. The van der Waals surface area contributed by atoms with Crippen LogP contribution in [0.2, 0.25) is 0 Å². The standard InChI is InChI=1S/C35H32N2O4/c1-41-35(40)25-15-19-29(20-16-25)37-22-27-12-11-26(21-32(27)34(37)39)23-13-17-28(18-14-23)36-33(38)31-10-6-5-9-30(31)24-7-3-2-4-8-24/h2-14,17-18,21,25,29H,15-16,19-20,22H2,1H3,(H,36,38). The Morgan fingerprint density at radius 1 is 0.756 bits per heavy atom. The van der Waals surface area contributed by atoms with Crippen LogP contribution >= 0.6 is 0 Å². The maximum Gasteiger partial charge on any atom is 0.308 e. The van der Waals surface area contributed by atoms with Crippen molar-refractivity contribution in [1.29, 1.82) is 0 Å². The van der Waals surface area contributed by atoms with E-state index in [0.29, 0.717) is 17.8 Å².